The maximum Gasteiger partial charge on any atom is 0.337 e. The molecule has 3 aliphatic heterocycles. The standard InChI is InChI=1S/C35H46ClN7O4/c1-34(2,3)47-29(32(44)45)27-28(42-14-10-35(4,5)11-15-42)26(31(37)40-30(27)36)23-6-7-24-21-43(13-9-22(24)20-23)33-38-12-8-25(39-33)41-16-18-46-19-17-41/h6-8,12,20,29H,9-11,13-19,21H2,1-5H3,(H2,37,40)(H,44,45)/t29-/m0/s1. The van der Waals surface area contributed by atoms with Crippen molar-refractivity contribution in [2.45, 2.75) is 72.1 Å². The van der Waals surface area contributed by atoms with Crippen molar-refractivity contribution in [3.63, 3.8) is 0 Å². The molecule has 0 amide bonds. The second-order valence-corrected chi connectivity index (χ2v) is 14.9. The highest BCUT2D eigenvalue weighted by Gasteiger charge is 2.37. The number of morpholine rings is 1. The van der Waals surface area contributed by atoms with E-state index in [0.717, 1.165) is 63.4 Å². The summed E-state index contributed by atoms with van der Waals surface area (Å²) in [7, 11) is 0. The first-order chi connectivity index (χ1) is 22.3. The number of piperidine rings is 1. The molecule has 1 aromatic carbocycles. The smallest absolute Gasteiger partial charge is 0.337 e. The third-order valence-electron chi connectivity index (χ3n) is 9.33. The van der Waals surface area contributed by atoms with Gasteiger partial charge in [-0.1, -0.05) is 43.6 Å². The Bertz CT molecular complexity index is 1630. The SMILES string of the molecule is CC1(C)CCN(c2c(-c3ccc4c(c3)CCN(c3nccc(N5CCOCC5)n3)C4)c(N)nc(Cl)c2[C@H](OC(C)(C)C)C(=O)O)CC1. The summed E-state index contributed by atoms with van der Waals surface area (Å²) in [6, 6.07) is 8.30. The molecule has 2 saturated heterocycles. The van der Waals surface area contributed by atoms with Crippen molar-refractivity contribution in [2.24, 2.45) is 5.41 Å². The van der Waals surface area contributed by atoms with Gasteiger partial charge in [0.15, 0.2) is 6.10 Å². The van der Waals surface area contributed by atoms with E-state index in [4.69, 9.17) is 31.8 Å². The summed E-state index contributed by atoms with van der Waals surface area (Å²) in [6.07, 6.45) is 3.19. The summed E-state index contributed by atoms with van der Waals surface area (Å²) in [5.41, 5.74) is 11.1. The van der Waals surface area contributed by atoms with Crippen LogP contribution in [0.15, 0.2) is 30.5 Å². The predicted molar refractivity (Wildman–Crippen MR) is 185 cm³/mol. The van der Waals surface area contributed by atoms with E-state index in [0.29, 0.717) is 42.5 Å². The molecule has 5 heterocycles. The minimum Gasteiger partial charge on any atom is -0.479 e. The third kappa shape index (κ3) is 7.27. The fraction of sp³-hybridized carbons (Fsp3) is 0.543. The Morgan fingerprint density at radius 2 is 1.74 bits per heavy atom. The van der Waals surface area contributed by atoms with Crippen LogP contribution in [0.25, 0.3) is 11.1 Å². The molecule has 0 radical (unpaired) electrons. The van der Waals surface area contributed by atoms with Crippen LogP contribution in [0.5, 0.6) is 0 Å². The quantitative estimate of drug-likeness (QED) is 0.300. The lowest BCUT2D eigenvalue weighted by Crippen LogP contribution is -2.39. The zero-order valence-corrected chi connectivity index (χ0v) is 28.8. The van der Waals surface area contributed by atoms with E-state index in [1.54, 1.807) is 0 Å². The number of carbonyl (C=O) groups is 1. The van der Waals surface area contributed by atoms with Crippen LogP contribution in [0.4, 0.5) is 23.3 Å². The highest BCUT2D eigenvalue weighted by atomic mass is 35.5. The second-order valence-electron chi connectivity index (χ2n) is 14.5. The molecule has 12 heteroatoms. The number of aromatic nitrogens is 3. The number of pyridine rings is 1. The zero-order chi connectivity index (χ0) is 33.5. The summed E-state index contributed by atoms with van der Waals surface area (Å²) >= 11 is 6.80. The lowest BCUT2D eigenvalue weighted by Gasteiger charge is -2.41. The number of nitrogens with two attached hydrogens (primary N) is 1. The van der Waals surface area contributed by atoms with Gasteiger partial charge in [-0.15, -0.1) is 0 Å². The Morgan fingerprint density at radius 1 is 1.02 bits per heavy atom. The van der Waals surface area contributed by atoms with Crippen LogP contribution in [0.1, 0.15) is 70.3 Å². The van der Waals surface area contributed by atoms with Crippen LogP contribution < -0.4 is 20.4 Å². The summed E-state index contributed by atoms with van der Waals surface area (Å²) in [5, 5.41) is 10.5. The van der Waals surface area contributed by atoms with Crippen molar-refractivity contribution in [1.29, 1.82) is 0 Å². The van der Waals surface area contributed by atoms with Crippen LogP contribution in [0.3, 0.4) is 0 Å². The van der Waals surface area contributed by atoms with Crippen molar-refractivity contribution in [1.82, 2.24) is 15.0 Å². The molecule has 3 aromatic rings. The largest absolute Gasteiger partial charge is 0.479 e. The number of hydrogen-bond acceptors (Lipinski definition) is 10. The number of ether oxygens (including phenoxy) is 2. The number of rotatable bonds is 7. The fourth-order valence-electron chi connectivity index (χ4n) is 6.68. The molecule has 2 fully saturated rings. The number of nitrogen functional groups attached to an aromatic ring is 1. The van der Waals surface area contributed by atoms with Crippen LogP contribution in [-0.4, -0.2) is 77.6 Å². The molecule has 6 rings (SSSR count). The lowest BCUT2D eigenvalue weighted by molar-refractivity contribution is -0.160. The van der Waals surface area contributed by atoms with Crippen molar-refractivity contribution < 1.29 is 19.4 Å². The van der Waals surface area contributed by atoms with E-state index in [2.05, 4.69) is 56.7 Å². The molecular weight excluding hydrogens is 618 g/mol. The van der Waals surface area contributed by atoms with Crippen LogP contribution in [0.2, 0.25) is 5.15 Å². The van der Waals surface area contributed by atoms with Gasteiger partial charge in [0.1, 0.15) is 16.8 Å². The number of fused-ring (bicyclic) bond motifs is 1. The average Bonchev–Trinajstić information content (AvgIpc) is 3.03. The summed E-state index contributed by atoms with van der Waals surface area (Å²) in [6.45, 7) is 16.0. The van der Waals surface area contributed by atoms with E-state index in [-0.39, 0.29) is 16.4 Å². The van der Waals surface area contributed by atoms with Crippen molar-refractivity contribution in [2.75, 3.05) is 66.4 Å². The monoisotopic (exact) mass is 663 g/mol. The molecule has 11 nitrogen and oxygen atoms in total. The summed E-state index contributed by atoms with van der Waals surface area (Å²) in [4.78, 5) is 33.5. The van der Waals surface area contributed by atoms with E-state index in [1.165, 1.54) is 11.1 Å². The van der Waals surface area contributed by atoms with Gasteiger partial charge < -0.3 is 35.0 Å². The number of carboxylic acids is 1. The molecule has 0 bridgehead atoms. The van der Waals surface area contributed by atoms with Gasteiger partial charge in [-0.3, -0.25) is 0 Å². The normalized spacial score (nSPS) is 19.0. The Kier molecular flexibility index (Phi) is 9.26. The van der Waals surface area contributed by atoms with Crippen molar-refractivity contribution >= 4 is 40.8 Å². The molecule has 0 unspecified atom stereocenters. The minimum absolute atomic E-state index is 0.0515. The molecule has 252 valence electrons. The van der Waals surface area contributed by atoms with Gasteiger partial charge in [-0.2, -0.15) is 4.98 Å². The highest BCUT2D eigenvalue weighted by molar-refractivity contribution is 6.31. The van der Waals surface area contributed by atoms with Crippen molar-refractivity contribution in [3.8, 4) is 11.1 Å². The zero-order valence-electron chi connectivity index (χ0n) is 28.1. The number of halogens is 1. The molecule has 2 aromatic heterocycles. The second kappa shape index (κ2) is 13.1. The van der Waals surface area contributed by atoms with Gasteiger partial charge in [0.05, 0.1) is 30.1 Å². The molecule has 0 aliphatic carbocycles. The van der Waals surface area contributed by atoms with Gasteiger partial charge in [-0.05, 0) is 68.2 Å². The Balaban J connectivity index is 1.37. The third-order valence-corrected chi connectivity index (χ3v) is 9.62. The molecule has 1 atom stereocenters. The molecule has 47 heavy (non-hydrogen) atoms. The Morgan fingerprint density at radius 3 is 2.43 bits per heavy atom. The topological polar surface area (TPSA) is 130 Å². The van der Waals surface area contributed by atoms with Gasteiger partial charge in [0, 0.05) is 51.0 Å². The maximum atomic E-state index is 12.8. The molecule has 0 saturated carbocycles. The number of hydrogen-bond donors (Lipinski definition) is 2. The Labute approximate surface area is 282 Å². The van der Waals surface area contributed by atoms with Crippen LogP contribution >= 0.6 is 11.6 Å². The number of aliphatic carboxylic acids is 1. The minimum atomic E-state index is -1.32. The first-order valence-corrected chi connectivity index (χ1v) is 16.8. The molecule has 3 N–H and O–H groups in total. The van der Waals surface area contributed by atoms with E-state index in [9.17, 15) is 9.90 Å². The molecule has 0 spiro atoms. The first-order valence-electron chi connectivity index (χ1n) is 16.5. The maximum absolute atomic E-state index is 12.8. The summed E-state index contributed by atoms with van der Waals surface area (Å²) < 4.78 is 11.7. The van der Waals surface area contributed by atoms with Gasteiger partial charge in [0.25, 0.3) is 0 Å². The molecule has 3 aliphatic rings. The van der Waals surface area contributed by atoms with Gasteiger partial charge in [-0.25, -0.2) is 14.8 Å². The number of benzene rings is 1. The highest BCUT2D eigenvalue weighted by Crippen LogP contribution is 2.47. The van der Waals surface area contributed by atoms with Gasteiger partial charge in [0.2, 0.25) is 5.95 Å². The summed E-state index contributed by atoms with van der Waals surface area (Å²) in [5.74, 6) is 0.783. The van der Waals surface area contributed by atoms with E-state index >= 15 is 0 Å². The molecular formula is C35H46ClN7O4. The number of anilines is 4. The van der Waals surface area contributed by atoms with E-state index in [1.807, 2.05) is 33.0 Å². The first kappa shape index (κ1) is 33.2. The number of carboxylic acid groups (broad SMARTS) is 1. The lowest BCUT2D eigenvalue weighted by atomic mass is 9.82. The average molecular weight is 664 g/mol. The van der Waals surface area contributed by atoms with E-state index < -0.39 is 17.7 Å². The predicted octanol–water partition coefficient (Wildman–Crippen LogP) is 5.74. The van der Waals surface area contributed by atoms with Crippen molar-refractivity contribution in [3.05, 3.63) is 52.3 Å². The fourth-order valence-corrected chi connectivity index (χ4v) is 6.96. The van der Waals surface area contributed by atoms with Crippen LogP contribution in [0, 0.1) is 5.41 Å². The van der Waals surface area contributed by atoms with Crippen LogP contribution in [-0.2, 0) is 27.2 Å². The number of nitrogens with zero attached hydrogens (tertiary/aromatic N) is 6. The van der Waals surface area contributed by atoms with Gasteiger partial charge >= 0.3 is 5.97 Å². The Hall–Kier alpha value is -3.67.